The lowest BCUT2D eigenvalue weighted by Crippen LogP contribution is -2.55. The van der Waals surface area contributed by atoms with Gasteiger partial charge in [0.05, 0.1) is 0 Å². The summed E-state index contributed by atoms with van der Waals surface area (Å²) in [4.78, 5) is 0. The fourth-order valence-electron chi connectivity index (χ4n) is 5.85. The molecule has 2 saturated carbocycles. The molecule has 0 aromatic rings. The van der Waals surface area contributed by atoms with Gasteiger partial charge in [-0.2, -0.15) is 0 Å². The average molecular weight is 236 g/mol. The van der Waals surface area contributed by atoms with Crippen LogP contribution < -0.4 is 0 Å². The van der Waals surface area contributed by atoms with Gasteiger partial charge in [-0.1, -0.05) is 48.6 Å². The number of rotatable bonds is 0. The third kappa shape index (κ3) is 1.04. The summed E-state index contributed by atoms with van der Waals surface area (Å²) in [5.41, 5.74) is 0. The van der Waals surface area contributed by atoms with Gasteiger partial charge in [-0.25, -0.2) is 0 Å². The molecule has 18 heavy (non-hydrogen) atoms. The lowest BCUT2D eigenvalue weighted by atomic mass is 9.44. The molecule has 0 heteroatoms. The molecule has 92 valence electrons. The molecule has 0 aromatic heterocycles. The van der Waals surface area contributed by atoms with E-state index in [0.717, 1.165) is 47.3 Å². The molecule has 0 N–H and O–H groups in total. The molecular formula is C18H20. The Morgan fingerprint density at radius 2 is 1.00 bits per heavy atom. The van der Waals surface area contributed by atoms with E-state index in [2.05, 4.69) is 48.6 Å². The summed E-state index contributed by atoms with van der Waals surface area (Å²) in [6.45, 7) is 0. The smallest absolute Gasteiger partial charge is 0.00956 e. The van der Waals surface area contributed by atoms with Crippen molar-refractivity contribution in [1.82, 2.24) is 0 Å². The summed E-state index contributed by atoms with van der Waals surface area (Å²) in [5, 5.41) is 0. The third-order valence-corrected chi connectivity index (χ3v) is 6.43. The number of hydrogen-bond donors (Lipinski definition) is 0. The first-order valence-corrected chi connectivity index (χ1v) is 7.65. The third-order valence-electron chi connectivity index (χ3n) is 6.43. The Balaban J connectivity index is 1.65. The Bertz CT molecular complexity index is 448. The first-order valence-electron chi connectivity index (χ1n) is 7.65. The average Bonchev–Trinajstić information content (AvgIpc) is 2.49. The van der Waals surface area contributed by atoms with E-state index in [1.165, 1.54) is 12.8 Å². The van der Waals surface area contributed by atoms with Gasteiger partial charge in [0.2, 0.25) is 0 Å². The van der Waals surface area contributed by atoms with E-state index in [1.807, 2.05) is 0 Å². The Morgan fingerprint density at radius 3 is 1.44 bits per heavy atom. The Labute approximate surface area is 109 Å². The standard InChI is InChI=1S/C18H20/c1-2-4-14-13(3-1)15-9-10-16(14)18-12-7-5-11(6-8-12)17(15)18/h1-5,7,9-18H,6,8H2/t11-,12+,13-,14+,15-,16+,17+,18-. The maximum atomic E-state index is 2.57. The van der Waals surface area contributed by atoms with Crippen LogP contribution in [0.2, 0.25) is 0 Å². The highest BCUT2D eigenvalue weighted by atomic mass is 14.6. The molecule has 0 radical (unpaired) electrons. The molecule has 0 aliphatic heterocycles. The molecule has 0 aromatic carbocycles. The number of fused-ring (bicyclic) bond motifs is 1. The van der Waals surface area contributed by atoms with Crippen molar-refractivity contribution < 1.29 is 0 Å². The molecule has 0 saturated heterocycles. The van der Waals surface area contributed by atoms with Crippen molar-refractivity contribution in [3.05, 3.63) is 48.6 Å². The summed E-state index contributed by atoms with van der Waals surface area (Å²) in [7, 11) is 0. The molecule has 0 nitrogen and oxygen atoms in total. The normalized spacial score (nSPS) is 57.8. The van der Waals surface area contributed by atoms with Crippen molar-refractivity contribution in [2.75, 3.05) is 0 Å². The molecule has 7 rings (SSSR count). The van der Waals surface area contributed by atoms with Gasteiger partial charge < -0.3 is 0 Å². The SMILES string of the molecule is C1=C[C@@H]2[C@H](C=C1)[C@@H]1C=C[C@H]2[C@H]2[C@@H]1[C@H]1C=C[C@@H]2CC1. The van der Waals surface area contributed by atoms with E-state index in [1.54, 1.807) is 0 Å². The van der Waals surface area contributed by atoms with Crippen molar-refractivity contribution in [1.29, 1.82) is 0 Å². The maximum Gasteiger partial charge on any atom is -0.00956 e. The highest BCUT2D eigenvalue weighted by Crippen LogP contribution is 2.62. The van der Waals surface area contributed by atoms with Crippen LogP contribution >= 0.6 is 0 Å². The van der Waals surface area contributed by atoms with Gasteiger partial charge in [-0.15, -0.1) is 0 Å². The molecule has 7 aliphatic carbocycles. The lowest BCUT2D eigenvalue weighted by Gasteiger charge is -2.60. The maximum absolute atomic E-state index is 2.57. The van der Waals surface area contributed by atoms with E-state index in [0.29, 0.717) is 0 Å². The van der Waals surface area contributed by atoms with E-state index in [-0.39, 0.29) is 0 Å². The molecule has 7 aliphatic rings. The minimum absolute atomic E-state index is 0.805. The second-order valence-electron chi connectivity index (χ2n) is 6.91. The van der Waals surface area contributed by atoms with Gasteiger partial charge in [0, 0.05) is 0 Å². The van der Waals surface area contributed by atoms with Crippen molar-refractivity contribution >= 4 is 0 Å². The molecule has 8 atom stereocenters. The van der Waals surface area contributed by atoms with Gasteiger partial charge in [-0.05, 0) is 60.2 Å². The summed E-state index contributed by atoms with van der Waals surface area (Å²) in [6, 6.07) is 0. The molecular weight excluding hydrogens is 216 g/mol. The molecule has 0 heterocycles. The second kappa shape index (κ2) is 3.29. The zero-order chi connectivity index (χ0) is 11.7. The summed E-state index contributed by atoms with van der Waals surface area (Å²) in [5.74, 6) is 6.95. The highest BCUT2D eigenvalue weighted by Gasteiger charge is 2.56. The summed E-state index contributed by atoms with van der Waals surface area (Å²) >= 11 is 0. The quantitative estimate of drug-likeness (QED) is 0.558. The molecule has 0 spiro atoms. The zero-order valence-corrected chi connectivity index (χ0v) is 10.7. The lowest BCUT2D eigenvalue weighted by molar-refractivity contribution is -0.0359. The first-order chi connectivity index (χ1) is 8.93. The Hall–Kier alpha value is -1.04. The molecule has 0 unspecified atom stereocenters. The van der Waals surface area contributed by atoms with Gasteiger partial charge in [0.1, 0.15) is 0 Å². The minimum atomic E-state index is 0.805. The van der Waals surface area contributed by atoms with Crippen LogP contribution in [-0.4, -0.2) is 0 Å². The summed E-state index contributed by atoms with van der Waals surface area (Å²) in [6.07, 6.45) is 22.7. The van der Waals surface area contributed by atoms with Crippen molar-refractivity contribution in [2.45, 2.75) is 12.8 Å². The van der Waals surface area contributed by atoms with E-state index in [4.69, 9.17) is 0 Å². The Kier molecular flexibility index (Phi) is 1.80. The van der Waals surface area contributed by atoms with Gasteiger partial charge >= 0.3 is 0 Å². The van der Waals surface area contributed by atoms with Gasteiger partial charge in [0.15, 0.2) is 0 Å². The van der Waals surface area contributed by atoms with Crippen LogP contribution in [0.3, 0.4) is 0 Å². The Morgan fingerprint density at radius 1 is 0.500 bits per heavy atom. The highest BCUT2D eigenvalue weighted by molar-refractivity contribution is 5.30. The minimum Gasteiger partial charge on any atom is -0.0848 e. The van der Waals surface area contributed by atoms with Crippen LogP contribution in [0.25, 0.3) is 0 Å². The molecule has 4 bridgehead atoms. The molecule has 0 amide bonds. The zero-order valence-electron chi connectivity index (χ0n) is 10.7. The molecule has 2 fully saturated rings. The van der Waals surface area contributed by atoms with Crippen LogP contribution in [0, 0.1) is 47.3 Å². The van der Waals surface area contributed by atoms with Crippen molar-refractivity contribution in [3.63, 3.8) is 0 Å². The van der Waals surface area contributed by atoms with Crippen molar-refractivity contribution in [3.8, 4) is 0 Å². The first kappa shape index (κ1) is 9.83. The van der Waals surface area contributed by atoms with Gasteiger partial charge in [0.25, 0.3) is 0 Å². The van der Waals surface area contributed by atoms with Crippen LogP contribution in [0.1, 0.15) is 12.8 Å². The number of allylic oxidation sites excluding steroid dienone is 8. The van der Waals surface area contributed by atoms with E-state index in [9.17, 15) is 0 Å². The number of hydrogen-bond acceptors (Lipinski definition) is 0. The summed E-state index contributed by atoms with van der Waals surface area (Å²) < 4.78 is 0. The predicted octanol–water partition coefficient (Wildman–Crippen LogP) is 3.99. The van der Waals surface area contributed by atoms with Crippen LogP contribution in [-0.2, 0) is 0 Å². The monoisotopic (exact) mass is 236 g/mol. The van der Waals surface area contributed by atoms with Crippen LogP contribution in [0.5, 0.6) is 0 Å². The fraction of sp³-hybridized carbons (Fsp3) is 0.556. The van der Waals surface area contributed by atoms with Gasteiger partial charge in [-0.3, -0.25) is 0 Å². The van der Waals surface area contributed by atoms with E-state index < -0.39 is 0 Å². The topological polar surface area (TPSA) is 0 Å². The van der Waals surface area contributed by atoms with E-state index >= 15 is 0 Å². The largest absolute Gasteiger partial charge is 0.0848 e. The van der Waals surface area contributed by atoms with Crippen LogP contribution in [0.15, 0.2) is 48.6 Å². The fourth-order valence-corrected chi connectivity index (χ4v) is 5.85. The van der Waals surface area contributed by atoms with Crippen LogP contribution in [0.4, 0.5) is 0 Å². The van der Waals surface area contributed by atoms with Crippen molar-refractivity contribution in [2.24, 2.45) is 47.3 Å². The second-order valence-corrected chi connectivity index (χ2v) is 6.91. The predicted molar refractivity (Wildman–Crippen MR) is 73.7 cm³/mol.